The number of rotatable bonds is 6. The second-order valence-electron chi connectivity index (χ2n) is 7.75. The predicted octanol–water partition coefficient (Wildman–Crippen LogP) is 4.97. The van der Waals surface area contributed by atoms with Gasteiger partial charge in [0.25, 0.3) is 0 Å². The van der Waals surface area contributed by atoms with Crippen molar-refractivity contribution in [2.45, 2.75) is 52.1 Å². The van der Waals surface area contributed by atoms with E-state index in [4.69, 9.17) is 18.7 Å². The maximum absolute atomic E-state index is 11.0. The molecule has 7 heteroatoms. The van der Waals surface area contributed by atoms with Crippen molar-refractivity contribution in [3.05, 3.63) is 47.5 Å². The Bertz CT molecular complexity index is 786. The van der Waals surface area contributed by atoms with Gasteiger partial charge in [0.1, 0.15) is 0 Å². The molecule has 0 aliphatic rings. The van der Waals surface area contributed by atoms with Crippen LogP contribution in [0.1, 0.15) is 31.9 Å². The van der Waals surface area contributed by atoms with Crippen molar-refractivity contribution >= 4 is 26.9 Å². The molecule has 0 saturated carbocycles. The van der Waals surface area contributed by atoms with Crippen LogP contribution in [0.15, 0.2) is 36.4 Å². The minimum absolute atomic E-state index is 0.115. The van der Waals surface area contributed by atoms with Crippen LogP contribution in [-0.2, 0) is 26.7 Å². The molecule has 2 N–H and O–H groups in total. The molecule has 0 radical (unpaired) electrons. The minimum Gasteiger partial charge on any atom is -0.413 e. The highest BCUT2D eigenvalue weighted by molar-refractivity contribution is 7.46. The lowest BCUT2D eigenvalue weighted by atomic mass is 10.00. The second-order valence-corrected chi connectivity index (χ2v) is 13.8. The Morgan fingerprint density at radius 2 is 1.52 bits per heavy atom. The maximum atomic E-state index is 11.0. The predicted molar refractivity (Wildman–Crippen MR) is 103 cm³/mol. The van der Waals surface area contributed by atoms with E-state index in [0.29, 0.717) is 6.61 Å². The van der Waals surface area contributed by atoms with Crippen molar-refractivity contribution in [3.8, 4) is 0 Å². The van der Waals surface area contributed by atoms with Gasteiger partial charge >= 0.3 is 7.82 Å². The molecule has 0 spiro atoms. The van der Waals surface area contributed by atoms with Gasteiger partial charge in [-0.3, -0.25) is 4.52 Å². The highest BCUT2D eigenvalue weighted by atomic mass is 31.2. The summed E-state index contributed by atoms with van der Waals surface area (Å²) in [5.74, 6) is 0. The summed E-state index contributed by atoms with van der Waals surface area (Å²) in [4.78, 5) is 18.0. The van der Waals surface area contributed by atoms with Gasteiger partial charge in [0.15, 0.2) is 8.32 Å². The molecular weight excluding hydrogens is 355 g/mol. The molecule has 0 unspecified atom stereocenters. The number of phosphoric ester groups is 1. The van der Waals surface area contributed by atoms with Crippen molar-refractivity contribution in [2.75, 3.05) is 0 Å². The third-order valence-corrected chi connectivity index (χ3v) is 9.80. The topological polar surface area (TPSA) is 76.0 Å². The minimum atomic E-state index is -4.51. The summed E-state index contributed by atoms with van der Waals surface area (Å²) in [5, 5.41) is 2.06. The first-order valence-electron chi connectivity index (χ1n) is 8.24. The number of benzene rings is 2. The van der Waals surface area contributed by atoms with Crippen LogP contribution in [0.2, 0.25) is 18.1 Å². The van der Waals surface area contributed by atoms with Crippen LogP contribution < -0.4 is 0 Å². The lowest BCUT2D eigenvalue weighted by Crippen LogP contribution is -2.40. The lowest BCUT2D eigenvalue weighted by Gasteiger charge is -2.36. The van der Waals surface area contributed by atoms with Gasteiger partial charge in [-0.05, 0) is 40.0 Å². The zero-order valence-electron chi connectivity index (χ0n) is 15.4. The Balaban J connectivity index is 2.35. The number of hydrogen-bond acceptors (Lipinski definition) is 3. The van der Waals surface area contributed by atoms with E-state index >= 15 is 0 Å². The van der Waals surface area contributed by atoms with Gasteiger partial charge in [0.2, 0.25) is 0 Å². The largest absolute Gasteiger partial charge is 0.469 e. The van der Waals surface area contributed by atoms with E-state index in [1.54, 1.807) is 0 Å². The van der Waals surface area contributed by atoms with Crippen LogP contribution in [0.3, 0.4) is 0 Å². The second kappa shape index (κ2) is 7.31. The molecule has 0 fully saturated rings. The summed E-state index contributed by atoms with van der Waals surface area (Å²) in [6.45, 7) is 11.3. The summed E-state index contributed by atoms with van der Waals surface area (Å²) in [7, 11) is -6.41. The lowest BCUT2D eigenvalue weighted by molar-refractivity contribution is 0.189. The van der Waals surface area contributed by atoms with Gasteiger partial charge in [0.05, 0.1) is 13.2 Å². The molecule has 138 valence electrons. The van der Waals surface area contributed by atoms with Crippen molar-refractivity contribution in [2.24, 2.45) is 0 Å². The van der Waals surface area contributed by atoms with Crippen molar-refractivity contribution < 1.29 is 23.3 Å². The molecule has 2 aromatic carbocycles. The Hall–Kier alpha value is -1.01. The van der Waals surface area contributed by atoms with E-state index < -0.39 is 16.1 Å². The van der Waals surface area contributed by atoms with Gasteiger partial charge in [-0.1, -0.05) is 57.2 Å². The fraction of sp³-hybridized carbons (Fsp3) is 0.444. The molecular formula is C18H27O5PSi. The third kappa shape index (κ3) is 5.23. The average Bonchev–Trinajstić information content (AvgIpc) is 2.49. The zero-order chi connectivity index (χ0) is 18.9. The SMILES string of the molecule is CC(C)(C)[Si](C)(C)OCc1cccc2cccc(COP(=O)(O)O)c12. The van der Waals surface area contributed by atoms with Crippen molar-refractivity contribution in [1.82, 2.24) is 0 Å². The standard InChI is InChI=1S/C18H27O5PSi/c1-18(2,3)25(4,5)23-13-16-11-7-9-14-8-6-10-15(17(14)16)12-22-24(19,20)21/h6-11H,12-13H2,1-5H3,(H2,19,20,21). The highest BCUT2D eigenvalue weighted by Crippen LogP contribution is 2.39. The third-order valence-electron chi connectivity index (χ3n) is 4.86. The van der Waals surface area contributed by atoms with Crippen LogP contribution in [0.25, 0.3) is 10.8 Å². The van der Waals surface area contributed by atoms with Crippen LogP contribution in [0.5, 0.6) is 0 Å². The molecule has 0 atom stereocenters. The first-order valence-corrected chi connectivity index (χ1v) is 12.7. The van der Waals surface area contributed by atoms with Crippen LogP contribution >= 0.6 is 7.82 Å². The summed E-state index contributed by atoms with van der Waals surface area (Å²) in [6, 6.07) is 11.6. The summed E-state index contributed by atoms with van der Waals surface area (Å²) < 4.78 is 22.1. The van der Waals surface area contributed by atoms with E-state index in [2.05, 4.69) is 33.9 Å². The Kier molecular flexibility index (Phi) is 5.94. The van der Waals surface area contributed by atoms with E-state index in [0.717, 1.165) is 21.9 Å². The van der Waals surface area contributed by atoms with Gasteiger partial charge in [0, 0.05) is 0 Å². The van der Waals surface area contributed by atoms with Gasteiger partial charge in [-0.25, -0.2) is 4.57 Å². The van der Waals surface area contributed by atoms with E-state index in [9.17, 15) is 4.57 Å². The quantitative estimate of drug-likeness (QED) is 0.545. The van der Waals surface area contributed by atoms with E-state index in [1.807, 2.05) is 36.4 Å². The summed E-state index contributed by atoms with van der Waals surface area (Å²) in [6.07, 6.45) is 0. The van der Waals surface area contributed by atoms with Gasteiger partial charge in [-0.15, -0.1) is 0 Å². The monoisotopic (exact) mass is 382 g/mol. The molecule has 0 aliphatic carbocycles. The van der Waals surface area contributed by atoms with Crippen LogP contribution in [0.4, 0.5) is 0 Å². The zero-order valence-corrected chi connectivity index (χ0v) is 17.3. The number of hydrogen-bond donors (Lipinski definition) is 2. The van der Waals surface area contributed by atoms with E-state index in [-0.39, 0.29) is 11.6 Å². The maximum Gasteiger partial charge on any atom is 0.469 e. The fourth-order valence-corrected chi connectivity index (χ4v) is 3.63. The molecule has 0 saturated heterocycles. The number of fused-ring (bicyclic) bond motifs is 1. The van der Waals surface area contributed by atoms with Crippen LogP contribution in [-0.4, -0.2) is 18.1 Å². The Morgan fingerprint density at radius 3 is 2.00 bits per heavy atom. The van der Waals surface area contributed by atoms with Crippen LogP contribution in [0, 0.1) is 0 Å². The molecule has 0 aromatic heterocycles. The number of phosphoric acid groups is 1. The molecule has 2 aromatic rings. The Labute approximate surface area is 150 Å². The average molecular weight is 382 g/mol. The molecule has 0 aliphatic heterocycles. The van der Waals surface area contributed by atoms with E-state index in [1.165, 1.54) is 0 Å². The molecule has 0 heterocycles. The highest BCUT2D eigenvalue weighted by Gasteiger charge is 2.37. The molecule has 0 bridgehead atoms. The van der Waals surface area contributed by atoms with Crippen molar-refractivity contribution in [1.29, 1.82) is 0 Å². The Morgan fingerprint density at radius 1 is 1.00 bits per heavy atom. The first-order chi connectivity index (χ1) is 11.4. The molecule has 25 heavy (non-hydrogen) atoms. The first kappa shape index (κ1) is 20.3. The summed E-state index contributed by atoms with van der Waals surface area (Å²) >= 11 is 0. The fourth-order valence-electron chi connectivity index (χ4n) is 2.37. The van der Waals surface area contributed by atoms with Crippen molar-refractivity contribution in [3.63, 3.8) is 0 Å². The molecule has 0 amide bonds. The molecule has 5 nitrogen and oxygen atoms in total. The summed E-state index contributed by atoms with van der Waals surface area (Å²) in [5.41, 5.74) is 1.75. The smallest absolute Gasteiger partial charge is 0.413 e. The molecule has 2 rings (SSSR count). The van der Waals surface area contributed by atoms with Gasteiger partial charge in [-0.2, -0.15) is 0 Å². The van der Waals surface area contributed by atoms with Gasteiger partial charge < -0.3 is 14.2 Å². The normalized spacial score (nSPS) is 13.4.